The summed E-state index contributed by atoms with van der Waals surface area (Å²) >= 11 is 5.86. The number of para-hydroxylation sites is 1. The Morgan fingerprint density at radius 3 is 2.62 bits per heavy atom. The number of halogens is 2. The Kier molecular flexibility index (Phi) is 5.48. The maximum Gasteiger partial charge on any atom is 0.246 e. The van der Waals surface area contributed by atoms with Crippen LogP contribution in [0.3, 0.4) is 0 Å². The number of benzene rings is 2. The molecule has 2 aromatic carbocycles. The summed E-state index contributed by atoms with van der Waals surface area (Å²) in [6.07, 6.45) is 0.383. The van der Waals surface area contributed by atoms with Crippen LogP contribution in [0.5, 0.6) is 0 Å². The van der Waals surface area contributed by atoms with Crippen LogP contribution in [-0.4, -0.2) is 38.4 Å². The van der Waals surface area contributed by atoms with E-state index in [0.29, 0.717) is 17.1 Å². The highest BCUT2D eigenvalue weighted by Gasteiger charge is 2.35. The number of hydrogen-bond acceptors (Lipinski definition) is 4. The third-order valence-electron chi connectivity index (χ3n) is 4.24. The summed E-state index contributed by atoms with van der Waals surface area (Å²) in [6, 6.07) is 12.5. The van der Waals surface area contributed by atoms with Crippen molar-refractivity contribution in [3.63, 3.8) is 0 Å². The van der Waals surface area contributed by atoms with E-state index in [0.717, 1.165) is 0 Å². The highest BCUT2D eigenvalue weighted by molar-refractivity contribution is 7.91. The first-order valence-electron chi connectivity index (χ1n) is 8.12. The minimum Gasteiger partial charge on any atom is -0.374 e. The van der Waals surface area contributed by atoms with Crippen molar-refractivity contribution in [2.75, 3.05) is 28.3 Å². The molecule has 1 aliphatic heterocycles. The van der Waals surface area contributed by atoms with Gasteiger partial charge in [0.2, 0.25) is 5.91 Å². The number of rotatable bonds is 5. The quantitative estimate of drug-likeness (QED) is 0.843. The van der Waals surface area contributed by atoms with Gasteiger partial charge >= 0.3 is 0 Å². The monoisotopic (exact) mass is 396 g/mol. The third kappa shape index (κ3) is 4.34. The Morgan fingerprint density at radius 2 is 1.96 bits per heavy atom. The number of carbonyl (C=O) groups is 1. The molecule has 26 heavy (non-hydrogen) atoms. The Bertz CT molecular complexity index is 906. The van der Waals surface area contributed by atoms with Crippen molar-refractivity contribution >= 4 is 38.7 Å². The van der Waals surface area contributed by atoms with Crippen molar-refractivity contribution in [2.45, 2.75) is 12.5 Å². The number of carbonyl (C=O) groups excluding carboxylic acids is 1. The molecule has 1 atom stereocenters. The zero-order chi connectivity index (χ0) is 18.7. The molecule has 1 aliphatic rings. The molecule has 0 bridgehead atoms. The summed E-state index contributed by atoms with van der Waals surface area (Å²) in [5.41, 5.74) is 0.742. The van der Waals surface area contributed by atoms with Crippen LogP contribution in [-0.2, 0) is 14.6 Å². The molecule has 1 N–H and O–H groups in total. The van der Waals surface area contributed by atoms with Gasteiger partial charge in [-0.3, -0.25) is 4.79 Å². The molecular weight excluding hydrogens is 379 g/mol. The summed E-state index contributed by atoms with van der Waals surface area (Å²) in [6.45, 7) is -0.178. The molecule has 0 unspecified atom stereocenters. The van der Waals surface area contributed by atoms with Crippen LogP contribution in [0.1, 0.15) is 6.42 Å². The summed E-state index contributed by atoms with van der Waals surface area (Å²) in [7, 11) is -3.15. The van der Waals surface area contributed by atoms with Crippen LogP contribution in [0.15, 0.2) is 48.5 Å². The number of sulfone groups is 1. The zero-order valence-electron chi connectivity index (χ0n) is 13.9. The maximum absolute atomic E-state index is 13.8. The van der Waals surface area contributed by atoms with E-state index in [-0.39, 0.29) is 29.6 Å². The number of nitrogens with zero attached hydrogens (tertiary/aromatic N) is 1. The van der Waals surface area contributed by atoms with Gasteiger partial charge in [-0.2, -0.15) is 0 Å². The van der Waals surface area contributed by atoms with Crippen LogP contribution < -0.4 is 10.2 Å². The van der Waals surface area contributed by atoms with Gasteiger partial charge in [0, 0.05) is 10.7 Å². The molecule has 0 saturated carbocycles. The molecule has 3 rings (SSSR count). The standard InChI is InChI=1S/C18H18ClFN2O3S/c19-13-6-7-16(20)17(10-13)21-11-18(23)22(14-4-2-1-3-5-14)15-8-9-26(24,25)12-15/h1-7,10,15,21H,8-9,11-12H2/t15-/m1/s1. The van der Waals surface area contributed by atoms with Gasteiger partial charge in [0.05, 0.1) is 29.8 Å². The second-order valence-corrected chi connectivity index (χ2v) is 8.80. The first-order chi connectivity index (χ1) is 12.4. The lowest BCUT2D eigenvalue weighted by Gasteiger charge is -2.28. The number of anilines is 2. The van der Waals surface area contributed by atoms with E-state index in [1.165, 1.54) is 23.1 Å². The first-order valence-corrected chi connectivity index (χ1v) is 10.3. The highest BCUT2D eigenvalue weighted by Crippen LogP contribution is 2.25. The predicted molar refractivity (Wildman–Crippen MR) is 101 cm³/mol. The van der Waals surface area contributed by atoms with Crippen molar-refractivity contribution < 1.29 is 17.6 Å². The molecule has 0 radical (unpaired) electrons. The fourth-order valence-electron chi connectivity index (χ4n) is 3.02. The van der Waals surface area contributed by atoms with Crippen molar-refractivity contribution in [3.05, 3.63) is 59.4 Å². The lowest BCUT2D eigenvalue weighted by atomic mass is 10.1. The van der Waals surface area contributed by atoms with E-state index in [2.05, 4.69) is 5.32 Å². The van der Waals surface area contributed by atoms with Crippen molar-refractivity contribution in [1.29, 1.82) is 0 Å². The molecule has 1 saturated heterocycles. The number of nitrogens with one attached hydrogen (secondary N) is 1. The van der Waals surface area contributed by atoms with Crippen molar-refractivity contribution in [2.24, 2.45) is 0 Å². The van der Waals surface area contributed by atoms with Crippen LogP contribution in [0, 0.1) is 5.82 Å². The molecule has 1 heterocycles. The minimum atomic E-state index is -3.15. The predicted octanol–water partition coefficient (Wildman–Crippen LogP) is 3.11. The average molecular weight is 397 g/mol. The summed E-state index contributed by atoms with van der Waals surface area (Å²) in [5.74, 6) is -0.862. The van der Waals surface area contributed by atoms with E-state index in [9.17, 15) is 17.6 Å². The van der Waals surface area contributed by atoms with Gasteiger partial charge in [-0.25, -0.2) is 12.8 Å². The van der Waals surface area contributed by atoms with Crippen LogP contribution in [0.25, 0.3) is 0 Å². The van der Waals surface area contributed by atoms with E-state index in [1.54, 1.807) is 24.3 Å². The summed E-state index contributed by atoms with van der Waals surface area (Å²) < 4.78 is 37.5. The van der Waals surface area contributed by atoms with Gasteiger partial charge in [-0.1, -0.05) is 29.8 Å². The zero-order valence-corrected chi connectivity index (χ0v) is 15.4. The van der Waals surface area contributed by atoms with Crippen LogP contribution >= 0.6 is 11.6 Å². The van der Waals surface area contributed by atoms with Gasteiger partial charge in [0.15, 0.2) is 9.84 Å². The van der Waals surface area contributed by atoms with Gasteiger partial charge < -0.3 is 10.2 Å². The second-order valence-electron chi connectivity index (χ2n) is 6.13. The molecule has 138 valence electrons. The lowest BCUT2D eigenvalue weighted by molar-refractivity contribution is -0.117. The Balaban J connectivity index is 1.80. The molecular formula is C18H18ClFN2O3S. The number of hydrogen-bond donors (Lipinski definition) is 1. The Morgan fingerprint density at radius 1 is 1.23 bits per heavy atom. The normalized spacial score (nSPS) is 18.5. The fourth-order valence-corrected chi connectivity index (χ4v) is 4.89. The maximum atomic E-state index is 13.8. The second kappa shape index (κ2) is 7.63. The largest absolute Gasteiger partial charge is 0.374 e. The van der Waals surface area contributed by atoms with Gasteiger partial charge in [0.1, 0.15) is 5.82 Å². The molecule has 8 heteroatoms. The Labute approximate surface area is 156 Å². The first kappa shape index (κ1) is 18.7. The average Bonchev–Trinajstić information content (AvgIpc) is 2.96. The van der Waals surface area contributed by atoms with E-state index in [4.69, 9.17) is 11.6 Å². The van der Waals surface area contributed by atoms with E-state index in [1.807, 2.05) is 6.07 Å². The fraction of sp³-hybridized carbons (Fsp3) is 0.278. The van der Waals surface area contributed by atoms with Gasteiger partial charge in [-0.05, 0) is 36.8 Å². The van der Waals surface area contributed by atoms with E-state index < -0.39 is 21.7 Å². The molecule has 5 nitrogen and oxygen atoms in total. The summed E-state index contributed by atoms with van der Waals surface area (Å²) in [5, 5.41) is 3.10. The SMILES string of the molecule is O=C(CNc1cc(Cl)ccc1F)N(c1ccccc1)[C@@H]1CCS(=O)(=O)C1. The highest BCUT2D eigenvalue weighted by atomic mass is 35.5. The van der Waals surface area contributed by atoms with Crippen LogP contribution in [0.4, 0.5) is 15.8 Å². The topological polar surface area (TPSA) is 66.5 Å². The van der Waals surface area contributed by atoms with Gasteiger partial charge in [-0.15, -0.1) is 0 Å². The third-order valence-corrected chi connectivity index (χ3v) is 6.22. The van der Waals surface area contributed by atoms with E-state index >= 15 is 0 Å². The number of amides is 1. The lowest BCUT2D eigenvalue weighted by Crippen LogP contribution is -2.44. The molecule has 2 aromatic rings. The molecule has 0 spiro atoms. The molecule has 0 aliphatic carbocycles. The molecule has 1 amide bonds. The van der Waals surface area contributed by atoms with Crippen molar-refractivity contribution in [3.8, 4) is 0 Å². The molecule has 1 fully saturated rings. The summed E-state index contributed by atoms with van der Waals surface area (Å²) in [4.78, 5) is 14.3. The van der Waals surface area contributed by atoms with Crippen LogP contribution in [0.2, 0.25) is 5.02 Å². The van der Waals surface area contributed by atoms with Crippen molar-refractivity contribution in [1.82, 2.24) is 0 Å². The molecule has 0 aromatic heterocycles. The minimum absolute atomic E-state index is 0.0601. The Hall–Kier alpha value is -2.12. The smallest absolute Gasteiger partial charge is 0.246 e. The van der Waals surface area contributed by atoms with Gasteiger partial charge in [0.25, 0.3) is 0 Å².